The molecule has 50 valence electrons. The predicted molar refractivity (Wildman–Crippen MR) is 41.4 cm³/mol. The molecule has 1 rings (SSSR count). The monoisotopic (exact) mass is 124 g/mol. The molecule has 0 bridgehead atoms. The maximum atomic E-state index is 7.19. The maximum absolute atomic E-state index is 7.19. The molecule has 1 aliphatic carbocycles. The molecule has 0 amide bonds. The lowest BCUT2D eigenvalue weighted by Gasteiger charge is -1.98. The molecule has 0 heteroatoms. The fourth-order valence-electron chi connectivity index (χ4n) is 1.20. The van der Waals surface area contributed by atoms with Crippen LogP contribution in [0.2, 0.25) is 0 Å². The minimum atomic E-state index is 0.0159. The van der Waals surface area contributed by atoms with Gasteiger partial charge in [0.15, 0.2) is 0 Å². The molecule has 0 radical (unpaired) electrons. The second-order valence-electron chi connectivity index (χ2n) is 2.50. The summed E-state index contributed by atoms with van der Waals surface area (Å²) in [4.78, 5) is 0. The van der Waals surface area contributed by atoms with Gasteiger partial charge in [-0.05, 0) is 24.8 Å². The molecule has 0 nitrogen and oxygen atoms in total. The molecule has 0 aromatic rings. The quantitative estimate of drug-likeness (QED) is 0.530. The highest BCUT2D eigenvalue weighted by molar-refractivity contribution is 5.32. The van der Waals surface area contributed by atoms with Gasteiger partial charge in [-0.1, -0.05) is 31.5 Å². The Bertz CT molecular complexity index is 198. The van der Waals surface area contributed by atoms with E-state index in [4.69, 9.17) is 2.74 Å². The van der Waals surface area contributed by atoms with E-state index in [1.807, 2.05) is 0 Å². The highest BCUT2D eigenvalue weighted by Crippen LogP contribution is 2.26. The van der Waals surface area contributed by atoms with E-state index in [1.54, 1.807) is 0 Å². The average Bonchev–Trinajstić information content (AvgIpc) is 2.36. The van der Waals surface area contributed by atoms with Crippen molar-refractivity contribution in [1.29, 1.82) is 0 Å². The Hall–Kier alpha value is -0.520. The third-order valence-electron chi connectivity index (χ3n) is 1.69. The van der Waals surface area contributed by atoms with E-state index < -0.39 is 0 Å². The van der Waals surface area contributed by atoms with Crippen LogP contribution in [-0.2, 0) is 0 Å². The summed E-state index contributed by atoms with van der Waals surface area (Å²) in [6.07, 6.45) is 6.27. The van der Waals surface area contributed by atoms with E-state index in [-0.39, 0.29) is 6.53 Å². The van der Waals surface area contributed by atoms with Crippen LogP contribution in [0, 0.1) is 0 Å². The number of allylic oxidation sites excluding steroid dienone is 3. The number of hydrogen-bond acceptors (Lipinski definition) is 0. The highest BCUT2D eigenvalue weighted by atomic mass is 14.1. The van der Waals surface area contributed by atoms with E-state index in [0.717, 1.165) is 31.3 Å². The van der Waals surface area contributed by atoms with Gasteiger partial charge < -0.3 is 0 Å². The summed E-state index contributed by atoms with van der Waals surface area (Å²) in [5.74, 6) is 0. The van der Waals surface area contributed by atoms with Gasteiger partial charge in [0.1, 0.15) is 0 Å². The van der Waals surface area contributed by atoms with Crippen LogP contribution in [0.3, 0.4) is 0 Å². The van der Waals surface area contributed by atoms with Gasteiger partial charge in [-0.15, -0.1) is 0 Å². The first kappa shape index (κ1) is 4.32. The lowest BCUT2D eigenvalue weighted by atomic mass is 10.1. The standard InChI is InChI=1S/C9H14/c1-3-5-9-7-4-6-8(9)2/h7H,2-6H2,1H3/i2D2. The van der Waals surface area contributed by atoms with Crippen molar-refractivity contribution >= 4 is 0 Å². The molecule has 0 atom stereocenters. The summed E-state index contributed by atoms with van der Waals surface area (Å²) in [5.41, 5.74) is 2.21. The molecule has 0 saturated carbocycles. The summed E-state index contributed by atoms with van der Waals surface area (Å²) in [7, 11) is 0. The Morgan fingerprint density at radius 1 is 1.89 bits per heavy atom. The highest BCUT2D eigenvalue weighted by Gasteiger charge is 2.06. The van der Waals surface area contributed by atoms with Crippen molar-refractivity contribution in [3.05, 3.63) is 23.8 Å². The predicted octanol–water partition coefficient (Wildman–Crippen LogP) is 3.06. The van der Waals surface area contributed by atoms with Gasteiger partial charge >= 0.3 is 0 Å². The zero-order valence-electron chi connectivity index (χ0n) is 7.91. The normalized spacial score (nSPS) is 21.0. The van der Waals surface area contributed by atoms with Crippen molar-refractivity contribution in [2.45, 2.75) is 32.6 Å². The van der Waals surface area contributed by atoms with Gasteiger partial charge in [0.25, 0.3) is 0 Å². The van der Waals surface area contributed by atoms with Crippen molar-refractivity contribution in [2.24, 2.45) is 0 Å². The Balaban J connectivity index is 2.71. The van der Waals surface area contributed by atoms with E-state index >= 15 is 0 Å². The molecular formula is C9H14. The Morgan fingerprint density at radius 2 is 2.78 bits per heavy atom. The molecule has 9 heavy (non-hydrogen) atoms. The molecule has 0 saturated heterocycles. The van der Waals surface area contributed by atoms with E-state index in [2.05, 4.69) is 13.0 Å². The number of rotatable bonds is 2. The van der Waals surface area contributed by atoms with Crippen LogP contribution in [0.4, 0.5) is 0 Å². The van der Waals surface area contributed by atoms with E-state index in [0.29, 0.717) is 0 Å². The Morgan fingerprint density at radius 3 is 3.44 bits per heavy atom. The van der Waals surface area contributed by atoms with Gasteiger partial charge in [0, 0.05) is 0 Å². The van der Waals surface area contributed by atoms with Crippen LogP contribution in [0.25, 0.3) is 0 Å². The van der Waals surface area contributed by atoms with Crippen LogP contribution in [0.5, 0.6) is 0 Å². The lowest BCUT2D eigenvalue weighted by molar-refractivity contribution is 0.914. The summed E-state index contributed by atoms with van der Waals surface area (Å²) in [6.45, 7) is 2.15. The zero-order valence-corrected chi connectivity index (χ0v) is 5.91. The first-order chi connectivity index (χ1) is 5.25. The van der Waals surface area contributed by atoms with Crippen LogP contribution < -0.4 is 0 Å². The topological polar surface area (TPSA) is 0 Å². The van der Waals surface area contributed by atoms with Gasteiger partial charge in [-0.3, -0.25) is 0 Å². The number of hydrogen-bond donors (Lipinski definition) is 0. The van der Waals surface area contributed by atoms with Gasteiger partial charge in [-0.25, -0.2) is 0 Å². The summed E-state index contributed by atoms with van der Waals surface area (Å²) in [6, 6.07) is 0. The summed E-state index contributed by atoms with van der Waals surface area (Å²) < 4.78 is 14.4. The molecule has 0 aromatic heterocycles. The van der Waals surface area contributed by atoms with Crippen LogP contribution in [0.15, 0.2) is 23.8 Å². The van der Waals surface area contributed by atoms with Crippen molar-refractivity contribution in [2.75, 3.05) is 0 Å². The summed E-state index contributed by atoms with van der Waals surface area (Å²) in [5, 5.41) is 0. The first-order valence-corrected chi connectivity index (χ1v) is 3.61. The molecule has 0 N–H and O–H groups in total. The second kappa shape index (κ2) is 2.86. The minimum absolute atomic E-state index is 0.0159. The third-order valence-corrected chi connectivity index (χ3v) is 1.69. The molecule has 0 aliphatic heterocycles. The molecule has 0 aromatic carbocycles. The molecule has 0 spiro atoms. The van der Waals surface area contributed by atoms with Crippen LogP contribution in [0.1, 0.15) is 35.3 Å². The molecule has 0 fully saturated rings. The largest absolute Gasteiger partial charge is 0.0956 e. The fraction of sp³-hybridized carbons (Fsp3) is 0.556. The molecule has 1 aliphatic rings. The van der Waals surface area contributed by atoms with Gasteiger partial charge in [0.05, 0.1) is 2.74 Å². The molecule has 0 unspecified atom stereocenters. The first-order valence-electron chi connectivity index (χ1n) is 4.61. The second-order valence-corrected chi connectivity index (χ2v) is 2.50. The lowest BCUT2D eigenvalue weighted by Crippen LogP contribution is -1.79. The van der Waals surface area contributed by atoms with Crippen molar-refractivity contribution in [3.63, 3.8) is 0 Å². The average molecular weight is 124 g/mol. The van der Waals surface area contributed by atoms with Crippen LogP contribution in [-0.4, -0.2) is 0 Å². The fourth-order valence-corrected chi connectivity index (χ4v) is 1.20. The van der Waals surface area contributed by atoms with Gasteiger partial charge in [0.2, 0.25) is 0 Å². The third kappa shape index (κ3) is 1.44. The van der Waals surface area contributed by atoms with Gasteiger partial charge in [-0.2, -0.15) is 0 Å². The maximum Gasteiger partial charge on any atom is 0.0541 e. The zero-order chi connectivity index (χ0) is 8.27. The van der Waals surface area contributed by atoms with E-state index in [9.17, 15) is 0 Å². The van der Waals surface area contributed by atoms with Crippen molar-refractivity contribution < 1.29 is 2.74 Å². The molecule has 0 heterocycles. The van der Waals surface area contributed by atoms with E-state index in [1.165, 1.54) is 5.57 Å². The summed E-state index contributed by atoms with van der Waals surface area (Å²) >= 11 is 0. The smallest absolute Gasteiger partial charge is 0.0541 e. The SMILES string of the molecule is [2H]C([2H])=C1CCC=C1CCC. The van der Waals surface area contributed by atoms with Crippen molar-refractivity contribution in [1.82, 2.24) is 0 Å². The van der Waals surface area contributed by atoms with Crippen LogP contribution >= 0.6 is 0 Å². The minimum Gasteiger partial charge on any atom is -0.0956 e. The Labute approximate surface area is 60.1 Å². The Kier molecular flexibility index (Phi) is 1.37. The van der Waals surface area contributed by atoms with Crippen molar-refractivity contribution in [3.8, 4) is 0 Å². The molecular weight excluding hydrogens is 108 g/mol.